The topological polar surface area (TPSA) is 43.6 Å². The SMILES string of the molecule is Cn1cnc2c(SCc3ccccc3)nc(F)nc21. The molecule has 4 nitrogen and oxygen atoms in total. The Hall–Kier alpha value is -1.95. The Balaban J connectivity index is 1.92. The Kier molecular flexibility index (Phi) is 3.16. The molecule has 0 atom stereocenters. The van der Waals surface area contributed by atoms with Crippen LogP contribution in [0.25, 0.3) is 11.2 Å². The van der Waals surface area contributed by atoms with Crippen LogP contribution in [-0.4, -0.2) is 19.5 Å². The number of hydrogen-bond donors (Lipinski definition) is 0. The standard InChI is InChI=1S/C13H11FN4S/c1-18-8-15-10-11(18)16-13(14)17-12(10)19-7-9-5-3-2-4-6-9/h2-6,8H,7H2,1H3. The molecular formula is C13H11FN4S. The lowest BCUT2D eigenvalue weighted by Crippen LogP contribution is -1.96. The minimum absolute atomic E-state index is 0.517. The van der Waals surface area contributed by atoms with E-state index in [2.05, 4.69) is 15.0 Å². The molecule has 0 saturated heterocycles. The Morgan fingerprint density at radius 2 is 2.00 bits per heavy atom. The quantitative estimate of drug-likeness (QED) is 0.418. The molecular weight excluding hydrogens is 263 g/mol. The smallest absolute Gasteiger partial charge is 0.311 e. The highest BCUT2D eigenvalue weighted by Crippen LogP contribution is 2.26. The van der Waals surface area contributed by atoms with E-state index in [1.807, 2.05) is 30.3 Å². The van der Waals surface area contributed by atoms with Gasteiger partial charge in [0.15, 0.2) is 5.65 Å². The number of fused-ring (bicyclic) bond motifs is 1. The van der Waals surface area contributed by atoms with Gasteiger partial charge in [0.05, 0.1) is 6.33 Å². The van der Waals surface area contributed by atoms with Crippen LogP contribution in [0.15, 0.2) is 41.7 Å². The van der Waals surface area contributed by atoms with Crippen molar-refractivity contribution in [3.05, 3.63) is 48.3 Å². The van der Waals surface area contributed by atoms with Crippen molar-refractivity contribution in [3.63, 3.8) is 0 Å². The first-order chi connectivity index (χ1) is 9.24. The molecule has 0 radical (unpaired) electrons. The molecule has 0 aliphatic rings. The zero-order chi connectivity index (χ0) is 13.2. The minimum Gasteiger partial charge on any atom is -0.318 e. The Bertz CT molecular complexity index is 711. The molecule has 3 rings (SSSR count). The minimum atomic E-state index is -0.716. The molecule has 2 heterocycles. The normalized spacial score (nSPS) is 11.1. The molecule has 1 aromatic carbocycles. The lowest BCUT2D eigenvalue weighted by atomic mass is 10.2. The predicted molar refractivity (Wildman–Crippen MR) is 72.3 cm³/mol. The molecule has 6 heteroatoms. The second kappa shape index (κ2) is 4.97. The van der Waals surface area contributed by atoms with Gasteiger partial charge in [-0.2, -0.15) is 14.4 Å². The van der Waals surface area contributed by atoms with Crippen molar-refractivity contribution in [2.24, 2.45) is 7.05 Å². The fourth-order valence-electron chi connectivity index (χ4n) is 1.78. The maximum atomic E-state index is 13.4. The van der Waals surface area contributed by atoms with Gasteiger partial charge in [-0.1, -0.05) is 42.1 Å². The summed E-state index contributed by atoms with van der Waals surface area (Å²) in [5.74, 6) is 0.725. The fraction of sp³-hybridized carbons (Fsp3) is 0.154. The zero-order valence-corrected chi connectivity index (χ0v) is 11.1. The van der Waals surface area contributed by atoms with Crippen molar-refractivity contribution >= 4 is 22.9 Å². The molecule has 0 N–H and O–H groups in total. The maximum Gasteiger partial charge on any atom is 0.311 e. The van der Waals surface area contributed by atoms with Gasteiger partial charge in [-0.25, -0.2) is 4.98 Å². The lowest BCUT2D eigenvalue weighted by molar-refractivity contribution is 0.532. The van der Waals surface area contributed by atoms with E-state index in [0.29, 0.717) is 16.2 Å². The molecule has 3 aromatic rings. The summed E-state index contributed by atoms with van der Waals surface area (Å²) in [6.45, 7) is 0. The molecule has 0 bridgehead atoms. The van der Waals surface area contributed by atoms with Crippen LogP contribution in [0.3, 0.4) is 0 Å². The van der Waals surface area contributed by atoms with E-state index < -0.39 is 6.08 Å². The van der Waals surface area contributed by atoms with Gasteiger partial charge < -0.3 is 4.57 Å². The van der Waals surface area contributed by atoms with Crippen LogP contribution in [0, 0.1) is 6.08 Å². The van der Waals surface area contributed by atoms with Crippen LogP contribution < -0.4 is 0 Å². The molecule has 96 valence electrons. The average Bonchev–Trinajstić information content (AvgIpc) is 2.79. The highest BCUT2D eigenvalue weighted by molar-refractivity contribution is 7.98. The Morgan fingerprint density at radius 3 is 2.79 bits per heavy atom. The van der Waals surface area contributed by atoms with Crippen molar-refractivity contribution in [1.82, 2.24) is 19.5 Å². The number of benzene rings is 1. The Labute approximate surface area is 113 Å². The van der Waals surface area contributed by atoms with Crippen molar-refractivity contribution in [1.29, 1.82) is 0 Å². The molecule has 19 heavy (non-hydrogen) atoms. The second-order valence-electron chi connectivity index (χ2n) is 4.10. The van der Waals surface area contributed by atoms with E-state index >= 15 is 0 Å². The summed E-state index contributed by atoms with van der Waals surface area (Å²) in [6, 6.07) is 9.98. The van der Waals surface area contributed by atoms with E-state index in [1.54, 1.807) is 17.9 Å². The first-order valence-electron chi connectivity index (χ1n) is 5.75. The van der Waals surface area contributed by atoms with E-state index in [0.717, 1.165) is 11.3 Å². The summed E-state index contributed by atoms with van der Waals surface area (Å²) < 4.78 is 15.1. The van der Waals surface area contributed by atoms with Crippen LogP contribution in [0.4, 0.5) is 4.39 Å². The van der Waals surface area contributed by atoms with Gasteiger partial charge in [-0.3, -0.25) is 0 Å². The van der Waals surface area contributed by atoms with Gasteiger partial charge in [-0.15, -0.1) is 0 Å². The first kappa shape index (κ1) is 12.1. The molecule has 2 aromatic heterocycles. The van der Waals surface area contributed by atoms with Crippen LogP contribution in [0.1, 0.15) is 5.56 Å². The van der Waals surface area contributed by atoms with E-state index in [9.17, 15) is 4.39 Å². The third-order valence-corrected chi connectivity index (χ3v) is 3.75. The third kappa shape index (κ3) is 2.44. The average molecular weight is 274 g/mol. The molecule has 0 amide bonds. The Morgan fingerprint density at radius 1 is 1.21 bits per heavy atom. The van der Waals surface area contributed by atoms with Crippen LogP contribution in [0.5, 0.6) is 0 Å². The number of nitrogens with zero attached hydrogens (tertiary/aromatic N) is 4. The summed E-state index contributed by atoms with van der Waals surface area (Å²) >= 11 is 1.46. The van der Waals surface area contributed by atoms with Crippen LogP contribution >= 0.6 is 11.8 Å². The summed E-state index contributed by atoms with van der Waals surface area (Å²) in [5, 5.41) is 0.576. The van der Waals surface area contributed by atoms with E-state index in [1.165, 1.54) is 11.8 Å². The molecule has 0 spiro atoms. The van der Waals surface area contributed by atoms with E-state index in [4.69, 9.17) is 0 Å². The molecule has 0 fully saturated rings. The predicted octanol–water partition coefficient (Wildman–Crippen LogP) is 2.79. The summed E-state index contributed by atoms with van der Waals surface area (Å²) in [4.78, 5) is 11.8. The third-order valence-electron chi connectivity index (χ3n) is 2.72. The number of rotatable bonds is 3. The molecule has 0 aliphatic carbocycles. The molecule has 0 aliphatic heterocycles. The monoisotopic (exact) mass is 274 g/mol. The lowest BCUT2D eigenvalue weighted by Gasteiger charge is -2.02. The number of thioether (sulfide) groups is 1. The maximum absolute atomic E-state index is 13.4. The number of halogens is 1. The number of imidazole rings is 1. The highest BCUT2D eigenvalue weighted by Gasteiger charge is 2.12. The van der Waals surface area contributed by atoms with Gasteiger partial charge in [0.25, 0.3) is 0 Å². The van der Waals surface area contributed by atoms with Gasteiger partial charge in [0.1, 0.15) is 10.5 Å². The second-order valence-corrected chi connectivity index (χ2v) is 5.06. The van der Waals surface area contributed by atoms with Gasteiger partial charge >= 0.3 is 6.08 Å². The summed E-state index contributed by atoms with van der Waals surface area (Å²) in [7, 11) is 1.79. The first-order valence-corrected chi connectivity index (χ1v) is 6.74. The van der Waals surface area contributed by atoms with Crippen molar-refractivity contribution in [3.8, 4) is 0 Å². The van der Waals surface area contributed by atoms with Crippen molar-refractivity contribution in [2.75, 3.05) is 0 Å². The van der Waals surface area contributed by atoms with Crippen LogP contribution in [0.2, 0.25) is 0 Å². The van der Waals surface area contributed by atoms with E-state index in [-0.39, 0.29) is 0 Å². The van der Waals surface area contributed by atoms with Gasteiger partial charge in [-0.05, 0) is 5.56 Å². The largest absolute Gasteiger partial charge is 0.318 e. The number of aryl methyl sites for hydroxylation is 1. The number of aromatic nitrogens is 4. The van der Waals surface area contributed by atoms with Gasteiger partial charge in [0.2, 0.25) is 0 Å². The van der Waals surface area contributed by atoms with Crippen molar-refractivity contribution in [2.45, 2.75) is 10.8 Å². The van der Waals surface area contributed by atoms with Crippen molar-refractivity contribution < 1.29 is 4.39 Å². The highest BCUT2D eigenvalue weighted by atomic mass is 32.2. The fourth-order valence-corrected chi connectivity index (χ4v) is 2.70. The molecule has 0 unspecified atom stereocenters. The molecule has 0 saturated carbocycles. The zero-order valence-electron chi connectivity index (χ0n) is 10.2. The van der Waals surface area contributed by atoms with Crippen LogP contribution in [-0.2, 0) is 12.8 Å². The summed E-state index contributed by atoms with van der Waals surface area (Å²) in [5.41, 5.74) is 2.32. The van der Waals surface area contributed by atoms with Gasteiger partial charge in [0, 0.05) is 12.8 Å². The number of hydrogen-bond acceptors (Lipinski definition) is 4. The summed E-state index contributed by atoms with van der Waals surface area (Å²) in [6.07, 6.45) is 0.900.